The van der Waals surface area contributed by atoms with Crippen molar-refractivity contribution in [1.29, 1.82) is 0 Å². The molecule has 0 saturated carbocycles. The minimum atomic E-state index is 0.373. The van der Waals surface area contributed by atoms with Gasteiger partial charge in [-0.15, -0.1) is 0 Å². The van der Waals surface area contributed by atoms with Crippen LogP contribution in [0, 0.1) is 13.8 Å². The molecule has 1 aliphatic rings. The first-order valence-corrected chi connectivity index (χ1v) is 5.23. The van der Waals surface area contributed by atoms with E-state index < -0.39 is 0 Å². The van der Waals surface area contributed by atoms with Crippen LogP contribution in [0.4, 0.5) is 0 Å². The van der Waals surface area contributed by atoms with Crippen molar-refractivity contribution in [3.8, 4) is 5.75 Å². The minimum absolute atomic E-state index is 0.373. The molecular formula is C12H16N2O. The molecule has 15 heavy (non-hydrogen) atoms. The number of amidine groups is 1. The van der Waals surface area contributed by atoms with Crippen LogP contribution < -0.4 is 5.32 Å². The van der Waals surface area contributed by atoms with Crippen LogP contribution in [0.5, 0.6) is 5.75 Å². The number of aliphatic imine (C=N–C) groups is 1. The molecule has 1 aliphatic heterocycles. The summed E-state index contributed by atoms with van der Waals surface area (Å²) in [6.07, 6.45) is 0.840. The summed E-state index contributed by atoms with van der Waals surface area (Å²) in [5.41, 5.74) is 3.36. The molecule has 0 unspecified atom stereocenters. The third-order valence-electron chi connectivity index (χ3n) is 2.97. The largest absolute Gasteiger partial charge is 0.508 e. The predicted molar refractivity (Wildman–Crippen MR) is 61.6 cm³/mol. The van der Waals surface area contributed by atoms with E-state index in [1.165, 1.54) is 5.56 Å². The number of rotatable bonds is 2. The lowest BCUT2D eigenvalue weighted by Gasteiger charge is -2.10. The second kappa shape index (κ2) is 3.93. The number of hydrogen-bond acceptors (Lipinski definition) is 3. The fraction of sp³-hybridized carbons (Fsp3) is 0.417. The summed E-state index contributed by atoms with van der Waals surface area (Å²) in [5.74, 6) is 1.43. The first-order chi connectivity index (χ1) is 7.18. The zero-order chi connectivity index (χ0) is 10.8. The maximum atomic E-state index is 9.54. The van der Waals surface area contributed by atoms with Crippen molar-refractivity contribution in [2.24, 2.45) is 4.99 Å². The molecule has 0 atom stereocenters. The van der Waals surface area contributed by atoms with Crippen LogP contribution in [0.1, 0.15) is 16.7 Å². The smallest absolute Gasteiger partial charge is 0.118 e. The standard InChI is InChI=1S/C12H16N2O/c1-8-9(2)11(15)4-3-10(8)7-12-13-5-6-14-12/h3-4,15H,5-7H2,1-2H3,(H,13,14). The van der Waals surface area contributed by atoms with Crippen LogP contribution in [0.15, 0.2) is 17.1 Å². The number of benzene rings is 1. The van der Waals surface area contributed by atoms with Crippen LogP contribution >= 0.6 is 0 Å². The molecule has 0 bridgehead atoms. The quantitative estimate of drug-likeness (QED) is 0.767. The third kappa shape index (κ3) is 1.96. The Morgan fingerprint density at radius 2 is 2.13 bits per heavy atom. The van der Waals surface area contributed by atoms with E-state index in [1.54, 1.807) is 6.07 Å². The highest BCUT2D eigenvalue weighted by Crippen LogP contribution is 2.23. The monoisotopic (exact) mass is 204 g/mol. The van der Waals surface area contributed by atoms with E-state index in [0.717, 1.165) is 36.5 Å². The second-order valence-corrected chi connectivity index (χ2v) is 3.93. The molecule has 3 heteroatoms. The van der Waals surface area contributed by atoms with Crippen LogP contribution in [0.3, 0.4) is 0 Å². The highest BCUT2D eigenvalue weighted by atomic mass is 16.3. The normalized spacial score (nSPS) is 14.9. The highest BCUT2D eigenvalue weighted by Gasteiger charge is 2.10. The topological polar surface area (TPSA) is 44.6 Å². The fourth-order valence-electron chi connectivity index (χ4n) is 1.80. The Hall–Kier alpha value is -1.51. The van der Waals surface area contributed by atoms with E-state index in [0.29, 0.717) is 5.75 Å². The molecule has 0 amide bonds. The molecule has 0 aromatic heterocycles. The van der Waals surface area contributed by atoms with Crippen molar-refractivity contribution in [3.05, 3.63) is 28.8 Å². The Morgan fingerprint density at radius 1 is 1.33 bits per heavy atom. The Kier molecular flexibility index (Phi) is 2.62. The SMILES string of the molecule is Cc1c(O)ccc(CC2=NCCN2)c1C. The summed E-state index contributed by atoms with van der Waals surface area (Å²) in [7, 11) is 0. The van der Waals surface area contributed by atoms with Crippen molar-refractivity contribution in [1.82, 2.24) is 5.32 Å². The lowest BCUT2D eigenvalue weighted by Crippen LogP contribution is -2.21. The van der Waals surface area contributed by atoms with Gasteiger partial charge in [-0.05, 0) is 36.6 Å². The molecule has 1 aromatic rings. The molecule has 0 spiro atoms. The summed E-state index contributed by atoms with van der Waals surface area (Å²) in [5, 5.41) is 12.8. The van der Waals surface area contributed by atoms with E-state index >= 15 is 0 Å². The Bertz CT molecular complexity index is 410. The lowest BCUT2D eigenvalue weighted by atomic mass is 10.00. The number of nitrogens with zero attached hydrogens (tertiary/aromatic N) is 1. The average Bonchev–Trinajstić information content (AvgIpc) is 2.72. The van der Waals surface area contributed by atoms with Gasteiger partial charge < -0.3 is 10.4 Å². The molecule has 0 aliphatic carbocycles. The Balaban J connectivity index is 2.25. The van der Waals surface area contributed by atoms with Gasteiger partial charge in [-0.25, -0.2) is 0 Å². The summed E-state index contributed by atoms with van der Waals surface area (Å²) < 4.78 is 0. The van der Waals surface area contributed by atoms with Gasteiger partial charge in [0.05, 0.1) is 6.54 Å². The molecule has 2 rings (SSSR count). The number of aromatic hydroxyl groups is 1. The number of phenols is 1. The zero-order valence-corrected chi connectivity index (χ0v) is 9.17. The molecule has 2 N–H and O–H groups in total. The van der Waals surface area contributed by atoms with E-state index in [9.17, 15) is 5.11 Å². The van der Waals surface area contributed by atoms with Crippen LogP contribution in [0.2, 0.25) is 0 Å². The predicted octanol–water partition coefficient (Wildman–Crippen LogP) is 1.55. The van der Waals surface area contributed by atoms with Crippen LogP contribution in [-0.2, 0) is 6.42 Å². The summed E-state index contributed by atoms with van der Waals surface area (Å²) in [6.45, 7) is 5.81. The fourth-order valence-corrected chi connectivity index (χ4v) is 1.80. The van der Waals surface area contributed by atoms with Crippen molar-refractivity contribution >= 4 is 5.84 Å². The first-order valence-electron chi connectivity index (χ1n) is 5.23. The van der Waals surface area contributed by atoms with E-state index in [1.807, 2.05) is 19.9 Å². The van der Waals surface area contributed by atoms with Gasteiger partial charge in [0.25, 0.3) is 0 Å². The lowest BCUT2D eigenvalue weighted by molar-refractivity contribution is 0.470. The third-order valence-corrected chi connectivity index (χ3v) is 2.97. The number of phenolic OH excluding ortho intramolecular Hbond substituents is 1. The zero-order valence-electron chi connectivity index (χ0n) is 9.17. The first kappa shape index (κ1) is 10.0. The van der Waals surface area contributed by atoms with E-state index in [4.69, 9.17) is 0 Å². The van der Waals surface area contributed by atoms with Gasteiger partial charge in [-0.2, -0.15) is 0 Å². The van der Waals surface area contributed by atoms with Crippen molar-refractivity contribution in [2.45, 2.75) is 20.3 Å². The summed E-state index contributed by atoms with van der Waals surface area (Å²) in [6, 6.07) is 3.73. The van der Waals surface area contributed by atoms with E-state index in [2.05, 4.69) is 10.3 Å². The summed E-state index contributed by atoms with van der Waals surface area (Å²) in [4.78, 5) is 4.37. The van der Waals surface area contributed by atoms with Gasteiger partial charge >= 0.3 is 0 Å². The minimum Gasteiger partial charge on any atom is -0.508 e. The molecule has 0 radical (unpaired) electrons. The van der Waals surface area contributed by atoms with Gasteiger partial charge in [0, 0.05) is 13.0 Å². The van der Waals surface area contributed by atoms with Crippen molar-refractivity contribution in [3.63, 3.8) is 0 Å². The van der Waals surface area contributed by atoms with Gasteiger partial charge in [0.2, 0.25) is 0 Å². The Morgan fingerprint density at radius 3 is 2.80 bits per heavy atom. The van der Waals surface area contributed by atoms with Crippen molar-refractivity contribution in [2.75, 3.05) is 13.1 Å². The Labute approximate surface area is 89.9 Å². The molecule has 0 fully saturated rings. The van der Waals surface area contributed by atoms with Crippen LogP contribution in [-0.4, -0.2) is 24.0 Å². The van der Waals surface area contributed by atoms with Crippen LogP contribution in [0.25, 0.3) is 0 Å². The molecule has 1 aromatic carbocycles. The number of nitrogens with one attached hydrogen (secondary N) is 1. The maximum Gasteiger partial charge on any atom is 0.118 e. The van der Waals surface area contributed by atoms with Crippen molar-refractivity contribution < 1.29 is 5.11 Å². The molecule has 1 heterocycles. The highest BCUT2D eigenvalue weighted by molar-refractivity contribution is 5.86. The molecule has 80 valence electrons. The summed E-state index contributed by atoms with van der Waals surface area (Å²) >= 11 is 0. The molecule has 0 saturated heterocycles. The van der Waals surface area contributed by atoms with Gasteiger partial charge in [0.1, 0.15) is 11.6 Å². The van der Waals surface area contributed by atoms with Gasteiger partial charge in [-0.3, -0.25) is 4.99 Å². The van der Waals surface area contributed by atoms with E-state index in [-0.39, 0.29) is 0 Å². The second-order valence-electron chi connectivity index (χ2n) is 3.93. The maximum absolute atomic E-state index is 9.54. The van der Waals surface area contributed by atoms with Gasteiger partial charge in [-0.1, -0.05) is 6.07 Å². The van der Waals surface area contributed by atoms with Gasteiger partial charge in [0.15, 0.2) is 0 Å². The molecule has 3 nitrogen and oxygen atoms in total. The molecular weight excluding hydrogens is 188 g/mol. The number of hydrogen-bond donors (Lipinski definition) is 2. The average molecular weight is 204 g/mol.